The lowest BCUT2D eigenvalue weighted by atomic mass is 10.1. The van der Waals surface area contributed by atoms with Gasteiger partial charge in [-0.1, -0.05) is 30.3 Å². The molecule has 7 nitrogen and oxygen atoms in total. The van der Waals surface area contributed by atoms with Gasteiger partial charge in [-0.25, -0.2) is 9.67 Å². The summed E-state index contributed by atoms with van der Waals surface area (Å²) in [6.07, 6.45) is 4.02. The number of nitrogens with one attached hydrogen (secondary N) is 1. The third-order valence-electron chi connectivity index (χ3n) is 6.15. The number of benzene rings is 1. The molecule has 32 heavy (non-hydrogen) atoms. The van der Waals surface area contributed by atoms with E-state index in [0.717, 1.165) is 53.1 Å². The third-order valence-corrected chi connectivity index (χ3v) is 6.15. The Morgan fingerprint density at radius 2 is 1.97 bits per heavy atom. The van der Waals surface area contributed by atoms with E-state index in [1.54, 1.807) is 6.20 Å². The second-order valence-electron chi connectivity index (χ2n) is 8.56. The molecule has 5 rings (SSSR count). The van der Waals surface area contributed by atoms with Crippen LogP contribution in [0.1, 0.15) is 71.7 Å². The lowest BCUT2D eigenvalue weighted by molar-refractivity contribution is 0.0939. The Morgan fingerprint density at radius 3 is 2.69 bits per heavy atom. The molecule has 1 aliphatic carbocycles. The molecule has 1 saturated carbocycles. The molecule has 1 aliphatic rings. The quantitative estimate of drug-likeness (QED) is 0.474. The Balaban J connectivity index is 1.54. The second-order valence-corrected chi connectivity index (χ2v) is 8.56. The van der Waals surface area contributed by atoms with Crippen LogP contribution in [0, 0.1) is 6.92 Å². The van der Waals surface area contributed by atoms with Gasteiger partial charge >= 0.3 is 0 Å². The van der Waals surface area contributed by atoms with Gasteiger partial charge in [0.15, 0.2) is 5.65 Å². The largest absolute Gasteiger partial charge is 0.344 e. The summed E-state index contributed by atoms with van der Waals surface area (Å²) in [6, 6.07) is 14.0. The minimum atomic E-state index is -0.155. The van der Waals surface area contributed by atoms with Crippen LogP contribution in [0.25, 0.3) is 11.0 Å². The minimum Gasteiger partial charge on any atom is -0.344 e. The number of rotatable bonds is 7. The number of hydrogen-bond acceptors (Lipinski definition) is 4. The summed E-state index contributed by atoms with van der Waals surface area (Å²) < 4.78 is 3.84. The molecule has 1 amide bonds. The van der Waals surface area contributed by atoms with Crippen molar-refractivity contribution in [2.24, 2.45) is 0 Å². The number of fused-ring (bicyclic) bond motifs is 1. The highest BCUT2D eigenvalue weighted by molar-refractivity contribution is 6.06. The van der Waals surface area contributed by atoms with Crippen molar-refractivity contribution < 1.29 is 4.79 Å². The summed E-state index contributed by atoms with van der Waals surface area (Å²) in [5.41, 5.74) is 5.40. The second kappa shape index (κ2) is 8.22. The van der Waals surface area contributed by atoms with Crippen molar-refractivity contribution in [3.8, 4) is 0 Å². The average Bonchev–Trinajstić information content (AvgIpc) is 3.46. The molecule has 7 heteroatoms. The number of pyridine rings is 1. The zero-order chi connectivity index (χ0) is 22.2. The number of hydrogen-bond donors (Lipinski definition) is 1. The SMILES string of the molecule is CCn1nccc1C(C)NC(=O)c1cc(C2CC2)nc2c1c(C)nn2Cc1ccccc1. The molecule has 1 aromatic carbocycles. The Labute approximate surface area is 187 Å². The monoisotopic (exact) mass is 428 g/mol. The van der Waals surface area contributed by atoms with Gasteiger partial charge in [-0.2, -0.15) is 10.2 Å². The van der Waals surface area contributed by atoms with Gasteiger partial charge in [-0.3, -0.25) is 9.48 Å². The highest BCUT2D eigenvalue weighted by atomic mass is 16.1. The smallest absolute Gasteiger partial charge is 0.252 e. The normalized spacial score (nSPS) is 14.6. The van der Waals surface area contributed by atoms with Gasteiger partial charge < -0.3 is 5.32 Å². The Bertz CT molecular complexity index is 1270. The highest BCUT2D eigenvalue weighted by Crippen LogP contribution is 2.40. The van der Waals surface area contributed by atoms with E-state index in [4.69, 9.17) is 10.1 Å². The summed E-state index contributed by atoms with van der Waals surface area (Å²) in [5.74, 6) is 0.336. The fourth-order valence-corrected chi connectivity index (χ4v) is 4.33. The molecule has 0 saturated heterocycles. The van der Waals surface area contributed by atoms with Gasteiger partial charge in [0.25, 0.3) is 5.91 Å². The van der Waals surface area contributed by atoms with E-state index >= 15 is 0 Å². The number of nitrogens with zero attached hydrogens (tertiary/aromatic N) is 5. The number of carbonyl (C=O) groups excluding carboxylic acids is 1. The van der Waals surface area contributed by atoms with Crippen LogP contribution in [0.2, 0.25) is 0 Å². The maximum atomic E-state index is 13.5. The third kappa shape index (κ3) is 3.79. The van der Waals surface area contributed by atoms with Crippen molar-refractivity contribution in [1.82, 2.24) is 29.9 Å². The molecule has 0 radical (unpaired) electrons. The van der Waals surface area contributed by atoms with Crippen LogP contribution in [0.5, 0.6) is 0 Å². The number of carbonyl (C=O) groups is 1. The van der Waals surface area contributed by atoms with Crippen molar-refractivity contribution in [3.63, 3.8) is 0 Å². The average molecular weight is 429 g/mol. The van der Waals surface area contributed by atoms with Crippen LogP contribution in [-0.2, 0) is 13.1 Å². The number of aromatic nitrogens is 5. The van der Waals surface area contributed by atoms with Crippen molar-refractivity contribution >= 4 is 16.9 Å². The first-order chi connectivity index (χ1) is 15.5. The summed E-state index contributed by atoms with van der Waals surface area (Å²) in [7, 11) is 0. The predicted molar refractivity (Wildman–Crippen MR) is 124 cm³/mol. The van der Waals surface area contributed by atoms with E-state index < -0.39 is 0 Å². The maximum absolute atomic E-state index is 13.5. The molecule has 4 aromatic rings. The molecular formula is C25H28N6O. The van der Waals surface area contributed by atoms with Crippen LogP contribution < -0.4 is 5.32 Å². The Morgan fingerprint density at radius 1 is 1.19 bits per heavy atom. The van der Waals surface area contributed by atoms with Crippen LogP contribution in [-0.4, -0.2) is 30.5 Å². The zero-order valence-corrected chi connectivity index (χ0v) is 18.7. The Kier molecular flexibility index (Phi) is 5.25. The molecule has 0 bridgehead atoms. The standard InChI is InChI=1S/C25H28N6O/c1-4-30-22(12-13-26-30)16(2)27-25(32)20-14-21(19-10-11-19)28-24-23(20)17(3)29-31(24)15-18-8-6-5-7-9-18/h5-9,12-14,16,19H,4,10-11,15H2,1-3H3,(H,27,32). The maximum Gasteiger partial charge on any atom is 0.252 e. The van der Waals surface area contributed by atoms with E-state index in [9.17, 15) is 4.79 Å². The first kappa shape index (κ1) is 20.4. The van der Waals surface area contributed by atoms with Gasteiger partial charge in [0.2, 0.25) is 0 Å². The van der Waals surface area contributed by atoms with E-state index in [0.29, 0.717) is 18.0 Å². The molecule has 1 fully saturated rings. The van der Waals surface area contributed by atoms with Crippen LogP contribution in [0.4, 0.5) is 0 Å². The summed E-state index contributed by atoms with van der Waals surface area (Å²) in [6.45, 7) is 7.38. The lowest BCUT2D eigenvalue weighted by Crippen LogP contribution is -2.28. The molecule has 3 aromatic heterocycles. The zero-order valence-electron chi connectivity index (χ0n) is 18.7. The summed E-state index contributed by atoms with van der Waals surface area (Å²) in [4.78, 5) is 18.4. The highest BCUT2D eigenvalue weighted by Gasteiger charge is 2.29. The van der Waals surface area contributed by atoms with Crippen molar-refractivity contribution in [2.75, 3.05) is 0 Å². The fourth-order valence-electron chi connectivity index (χ4n) is 4.33. The predicted octanol–water partition coefficient (Wildman–Crippen LogP) is 4.37. The van der Waals surface area contributed by atoms with Gasteiger partial charge in [0.05, 0.1) is 34.9 Å². The van der Waals surface area contributed by atoms with Gasteiger partial charge in [-0.15, -0.1) is 0 Å². The Hall–Kier alpha value is -3.48. The molecule has 1 atom stereocenters. The van der Waals surface area contributed by atoms with Crippen LogP contribution >= 0.6 is 0 Å². The van der Waals surface area contributed by atoms with Crippen LogP contribution in [0.3, 0.4) is 0 Å². The summed E-state index contributed by atoms with van der Waals surface area (Å²) in [5, 5.41) is 13.1. The molecule has 0 spiro atoms. The van der Waals surface area contributed by atoms with E-state index in [-0.39, 0.29) is 11.9 Å². The van der Waals surface area contributed by atoms with Gasteiger partial charge in [-0.05, 0) is 51.3 Å². The molecule has 164 valence electrons. The first-order valence-corrected chi connectivity index (χ1v) is 11.3. The van der Waals surface area contributed by atoms with Crippen LogP contribution in [0.15, 0.2) is 48.7 Å². The van der Waals surface area contributed by atoms with Gasteiger partial charge in [0.1, 0.15) is 0 Å². The molecule has 1 N–H and O–H groups in total. The van der Waals surface area contributed by atoms with E-state index in [1.165, 1.54) is 0 Å². The summed E-state index contributed by atoms with van der Waals surface area (Å²) >= 11 is 0. The fraction of sp³-hybridized carbons (Fsp3) is 0.360. The lowest BCUT2D eigenvalue weighted by Gasteiger charge is -2.16. The molecule has 1 unspecified atom stereocenters. The minimum absolute atomic E-state index is 0.0991. The first-order valence-electron chi connectivity index (χ1n) is 11.3. The molecule has 0 aliphatic heterocycles. The van der Waals surface area contributed by atoms with Crippen molar-refractivity contribution in [2.45, 2.75) is 58.7 Å². The van der Waals surface area contributed by atoms with Crippen molar-refractivity contribution in [1.29, 1.82) is 0 Å². The number of aryl methyl sites for hydroxylation is 2. The van der Waals surface area contributed by atoms with Crippen molar-refractivity contribution in [3.05, 3.63) is 76.9 Å². The van der Waals surface area contributed by atoms with E-state index in [2.05, 4.69) is 22.5 Å². The molecule has 3 heterocycles. The number of amides is 1. The topological polar surface area (TPSA) is 77.6 Å². The van der Waals surface area contributed by atoms with Gasteiger partial charge in [0, 0.05) is 24.4 Å². The van der Waals surface area contributed by atoms with E-state index in [1.807, 2.05) is 60.5 Å². The molecular weight excluding hydrogens is 400 g/mol.